The molecule has 78 valence electrons. The van der Waals surface area contributed by atoms with Gasteiger partial charge in [0.2, 0.25) is 0 Å². The van der Waals surface area contributed by atoms with Crippen molar-refractivity contribution in [1.29, 1.82) is 0 Å². The van der Waals surface area contributed by atoms with E-state index >= 15 is 0 Å². The summed E-state index contributed by atoms with van der Waals surface area (Å²) in [7, 11) is 0. The maximum absolute atomic E-state index is 9.37. The van der Waals surface area contributed by atoms with Gasteiger partial charge >= 0.3 is 0 Å². The van der Waals surface area contributed by atoms with Gasteiger partial charge in [-0.25, -0.2) is 0 Å². The molecule has 2 nitrogen and oxygen atoms in total. The van der Waals surface area contributed by atoms with Gasteiger partial charge < -0.3 is 10.4 Å². The van der Waals surface area contributed by atoms with Gasteiger partial charge in [-0.3, -0.25) is 0 Å². The van der Waals surface area contributed by atoms with Crippen LogP contribution in [0.3, 0.4) is 0 Å². The number of hydrogen-bond acceptors (Lipinski definition) is 2. The molecule has 0 radical (unpaired) electrons. The third kappa shape index (κ3) is 3.15. The van der Waals surface area contributed by atoms with Crippen LogP contribution in [0.2, 0.25) is 5.02 Å². The Morgan fingerprint density at radius 3 is 2.93 bits per heavy atom. The summed E-state index contributed by atoms with van der Waals surface area (Å²) in [5.74, 6) is 0. The van der Waals surface area contributed by atoms with E-state index in [9.17, 15) is 5.11 Å². The number of benzene rings is 1. The SMILES string of the molecule is CC[C@@H](O)CNc1cccc(Cl)c1Br. The minimum absolute atomic E-state index is 0.319. The second kappa shape index (κ2) is 5.59. The van der Waals surface area contributed by atoms with E-state index in [0.717, 1.165) is 16.6 Å². The molecule has 0 aliphatic carbocycles. The molecular weight excluding hydrogens is 265 g/mol. The summed E-state index contributed by atoms with van der Waals surface area (Å²) in [6.45, 7) is 2.48. The molecule has 0 unspecified atom stereocenters. The van der Waals surface area contributed by atoms with Crippen molar-refractivity contribution >= 4 is 33.2 Å². The molecule has 1 rings (SSSR count). The van der Waals surface area contributed by atoms with Crippen molar-refractivity contribution < 1.29 is 5.11 Å². The van der Waals surface area contributed by atoms with Gasteiger partial charge in [-0.1, -0.05) is 24.6 Å². The molecule has 1 aromatic rings. The van der Waals surface area contributed by atoms with Gasteiger partial charge in [0.05, 0.1) is 21.3 Å². The fourth-order valence-corrected chi connectivity index (χ4v) is 1.59. The Balaban J connectivity index is 2.63. The topological polar surface area (TPSA) is 32.3 Å². The fraction of sp³-hybridized carbons (Fsp3) is 0.400. The Bertz CT molecular complexity index is 306. The number of hydrogen-bond donors (Lipinski definition) is 2. The minimum Gasteiger partial charge on any atom is -0.391 e. The van der Waals surface area contributed by atoms with Crippen LogP contribution in [0.4, 0.5) is 5.69 Å². The molecule has 0 bridgehead atoms. The first-order valence-electron chi connectivity index (χ1n) is 4.51. The second-order valence-corrected chi connectivity index (χ2v) is 4.24. The number of aliphatic hydroxyl groups excluding tert-OH is 1. The maximum Gasteiger partial charge on any atom is 0.0709 e. The maximum atomic E-state index is 9.37. The highest BCUT2D eigenvalue weighted by molar-refractivity contribution is 9.10. The molecule has 0 fully saturated rings. The fourth-order valence-electron chi connectivity index (χ4n) is 1.01. The third-order valence-corrected chi connectivity index (χ3v) is 3.35. The quantitative estimate of drug-likeness (QED) is 0.886. The van der Waals surface area contributed by atoms with E-state index in [4.69, 9.17) is 11.6 Å². The van der Waals surface area contributed by atoms with Crippen LogP contribution in [0.1, 0.15) is 13.3 Å². The Hall–Kier alpha value is -0.250. The van der Waals surface area contributed by atoms with Crippen LogP contribution >= 0.6 is 27.5 Å². The average molecular weight is 279 g/mol. The smallest absolute Gasteiger partial charge is 0.0709 e. The van der Waals surface area contributed by atoms with E-state index < -0.39 is 0 Å². The van der Waals surface area contributed by atoms with Gasteiger partial charge in [0.1, 0.15) is 0 Å². The van der Waals surface area contributed by atoms with Crippen LogP contribution in [0.15, 0.2) is 22.7 Å². The predicted octanol–water partition coefficient (Wildman–Crippen LogP) is 3.29. The van der Waals surface area contributed by atoms with E-state index in [1.807, 2.05) is 25.1 Å². The highest BCUT2D eigenvalue weighted by Crippen LogP contribution is 2.29. The predicted molar refractivity (Wildman–Crippen MR) is 63.9 cm³/mol. The lowest BCUT2D eigenvalue weighted by molar-refractivity contribution is 0.183. The van der Waals surface area contributed by atoms with Gasteiger partial charge in [-0.15, -0.1) is 0 Å². The summed E-state index contributed by atoms with van der Waals surface area (Å²) >= 11 is 9.29. The van der Waals surface area contributed by atoms with Gasteiger partial charge in [0.15, 0.2) is 0 Å². The van der Waals surface area contributed by atoms with Crippen molar-refractivity contribution in [2.75, 3.05) is 11.9 Å². The van der Waals surface area contributed by atoms with Gasteiger partial charge in [0.25, 0.3) is 0 Å². The first-order valence-corrected chi connectivity index (χ1v) is 5.68. The zero-order chi connectivity index (χ0) is 10.6. The minimum atomic E-state index is -0.319. The van der Waals surface area contributed by atoms with Crippen molar-refractivity contribution in [3.8, 4) is 0 Å². The van der Waals surface area contributed by atoms with Crippen molar-refractivity contribution in [3.05, 3.63) is 27.7 Å². The van der Waals surface area contributed by atoms with E-state index in [0.29, 0.717) is 11.6 Å². The average Bonchev–Trinajstić information content (AvgIpc) is 2.20. The number of nitrogens with one attached hydrogen (secondary N) is 1. The molecule has 0 amide bonds. The lowest BCUT2D eigenvalue weighted by Crippen LogP contribution is -2.18. The molecule has 1 aromatic carbocycles. The first-order chi connectivity index (χ1) is 6.65. The van der Waals surface area contributed by atoms with E-state index in [1.54, 1.807) is 0 Å². The molecule has 2 N–H and O–H groups in total. The van der Waals surface area contributed by atoms with Crippen LogP contribution in [0, 0.1) is 0 Å². The highest BCUT2D eigenvalue weighted by atomic mass is 79.9. The van der Waals surface area contributed by atoms with Gasteiger partial charge in [0, 0.05) is 6.54 Å². The Morgan fingerprint density at radius 1 is 1.57 bits per heavy atom. The molecule has 0 saturated carbocycles. The number of halogens is 2. The Labute approximate surface area is 97.4 Å². The van der Waals surface area contributed by atoms with E-state index in [-0.39, 0.29) is 6.10 Å². The Morgan fingerprint density at radius 2 is 2.29 bits per heavy atom. The highest BCUT2D eigenvalue weighted by Gasteiger charge is 2.05. The molecule has 0 spiro atoms. The summed E-state index contributed by atoms with van der Waals surface area (Å²) < 4.78 is 0.838. The number of aliphatic hydroxyl groups is 1. The lowest BCUT2D eigenvalue weighted by Gasteiger charge is -2.12. The summed E-state index contributed by atoms with van der Waals surface area (Å²) in [6.07, 6.45) is 0.423. The molecule has 0 aromatic heterocycles. The van der Waals surface area contributed by atoms with Gasteiger partial charge in [-0.2, -0.15) is 0 Å². The molecule has 0 aliphatic heterocycles. The summed E-state index contributed by atoms with van der Waals surface area (Å²) in [5.41, 5.74) is 0.907. The van der Waals surface area contributed by atoms with Crippen LogP contribution in [0.5, 0.6) is 0 Å². The monoisotopic (exact) mass is 277 g/mol. The third-order valence-electron chi connectivity index (χ3n) is 1.95. The molecular formula is C10H13BrClNO. The molecule has 1 atom stereocenters. The van der Waals surface area contributed by atoms with Crippen LogP contribution in [0.25, 0.3) is 0 Å². The van der Waals surface area contributed by atoms with E-state index in [1.165, 1.54) is 0 Å². The molecule has 14 heavy (non-hydrogen) atoms. The number of anilines is 1. The van der Waals surface area contributed by atoms with Crippen LogP contribution < -0.4 is 5.32 Å². The Kier molecular flexibility index (Phi) is 4.72. The lowest BCUT2D eigenvalue weighted by atomic mass is 10.2. The van der Waals surface area contributed by atoms with Crippen molar-refractivity contribution in [2.24, 2.45) is 0 Å². The zero-order valence-corrected chi connectivity index (χ0v) is 10.3. The normalized spacial score (nSPS) is 12.6. The summed E-state index contributed by atoms with van der Waals surface area (Å²) in [5, 5.41) is 13.2. The van der Waals surface area contributed by atoms with E-state index in [2.05, 4.69) is 21.2 Å². The van der Waals surface area contributed by atoms with Crippen molar-refractivity contribution in [2.45, 2.75) is 19.4 Å². The molecule has 0 saturated heterocycles. The summed E-state index contributed by atoms with van der Waals surface area (Å²) in [6, 6.07) is 5.60. The molecule has 0 aliphatic rings. The number of rotatable bonds is 4. The van der Waals surface area contributed by atoms with Crippen molar-refractivity contribution in [3.63, 3.8) is 0 Å². The largest absolute Gasteiger partial charge is 0.391 e. The van der Waals surface area contributed by atoms with Gasteiger partial charge in [-0.05, 0) is 34.5 Å². The first kappa shape index (κ1) is 11.8. The summed E-state index contributed by atoms with van der Waals surface area (Å²) in [4.78, 5) is 0. The van der Waals surface area contributed by atoms with Crippen LogP contribution in [-0.4, -0.2) is 17.8 Å². The molecule has 4 heteroatoms. The second-order valence-electron chi connectivity index (χ2n) is 3.04. The molecule has 0 heterocycles. The van der Waals surface area contributed by atoms with Crippen molar-refractivity contribution in [1.82, 2.24) is 0 Å². The van der Waals surface area contributed by atoms with Crippen LogP contribution in [-0.2, 0) is 0 Å². The standard InChI is InChI=1S/C10H13BrClNO/c1-2-7(14)6-13-9-5-3-4-8(12)10(9)11/h3-5,7,13-14H,2,6H2,1H3/t7-/m1/s1. The zero-order valence-electron chi connectivity index (χ0n) is 7.93.